The monoisotopic (exact) mass is 324 g/mol. The Balaban J connectivity index is 1.84. The molecule has 0 amide bonds. The van der Waals surface area contributed by atoms with E-state index in [1.54, 1.807) is 6.07 Å². The zero-order chi connectivity index (χ0) is 13.4. The van der Waals surface area contributed by atoms with Crippen LogP contribution in [0.25, 0.3) is 0 Å². The normalized spacial score (nSPS) is 29.2. The van der Waals surface area contributed by atoms with Crippen LogP contribution in [0.1, 0.15) is 23.2 Å². The third kappa shape index (κ3) is 2.49. The van der Waals surface area contributed by atoms with Crippen LogP contribution in [0, 0.1) is 5.92 Å². The molecule has 3 saturated heterocycles. The van der Waals surface area contributed by atoms with Gasteiger partial charge in [-0.15, -0.1) is 0 Å². The summed E-state index contributed by atoms with van der Waals surface area (Å²) in [5.41, 5.74) is 1.06. The number of rotatable bonds is 3. The molecule has 4 nitrogen and oxygen atoms in total. The van der Waals surface area contributed by atoms with Crippen LogP contribution in [0.15, 0.2) is 22.7 Å². The molecule has 0 aromatic heterocycles. The first-order valence-corrected chi connectivity index (χ1v) is 7.45. The molecule has 5 heteroatoms. The number of hydrogen-bond acceptors (Lipinski definition) is 3. The number of halogens is 1. The minimum absolute atomic E-state index is 0.332. The average molecular weight is 325 g/mol. The third-order valence-corrected chi connectivity index (χ3v) is 4.89. The first kappa shape index (κ1) is 12.9. The maximum absolute atomic E-state index is 11.4. The van der Waals surface area contributed by atoms with E-state index in [9.17, 15) is 9.90 Å². The van der Waals surface area contributed by atoms with Crippen LogP contribution in [0.4, 0.5) is 5.69 Å². The first-order valence-electron chi connectivity index (χ1n) is 6.66. The summed E-state index contributed by atoms with van der Waals surface area (Å²) in [6.45, 7) is 3.40. The lowest BCUT2D eigenvalue weighted by Gasteiger charge is -2.45. The quantitative estimate of drug-likeness (QED) is 0.897. The van der Waals surface area contributed by atoms with Gasteiger partial charge in [-0.1, -0.05) is 6.07 Å². The van der Waals surface area contributed by atoms with Gasteiger partial charge in [-0.2, -0.15) is 0 Å². The Kier molecular flexibility index (Phi) is 3.50. The highest BCUT2D eigenvalue weighted by molar-refractivity contribution is 9.10. The second-order valence-electron chi connectivity index (χ2n) is 5.36. The zero-order valence-corrected chi connectivity index (χ0v) is 12.2. The molecule has 0 saturated carbocycles. The van der Waals surface area contributed by atoms with E-state index >= 15 is 0 Å². The third-order valence-electron chi connectivity index (χ3n) is 4.22. The van der Waals surface area contributed by atoms with E-state index in [0.717, 1.165) is 12.2 Å². The van der Waals surface area contributed by atoms with Gasteiger partial charge in [0.25, 0.3) is 0 Å². The Labute approximate surface area is 120 Å². The molecule has 1 unspecified atom stereocenters. The van der Waals surface area contributed by atoms with E-state index in [2.05, 4.69) is 26.1 Å². The largest absolute Gasteiger partial charge is 0.478 e. The second-order valence-corrected chi connectivity index (χ2v) is 6.21. The van der Waals surface area contributed by atoms with Crippen LogP contribution in [0.5, 0.6) is 0 Å². The van der Waals surface area contributed by atoms with Gasteiger partial charge in [0.05, 0.1) is 11.3 Å². The van der Waals surface area contributed by atoms with Crippen molar-refractivity contribution in [1.29, 1.82) is 0 Å². The number of hydrogen-bond donors (Lipinski definition) is 2. The highest BCUT2D eigenvalue weighted by atomic mass is 79.9. The van der Waals surface area contributed by atoms with Gasteiger partial charge >= 0.3 is 5.97 Å². The van der Waals surface area contributed by atoms with Gasteiger partial charge in [0, 0.05) is 17.1 Å². The average Bonchev–Trinajstić information content (AvgIpc) is 2.39. The topological polar surface area (TPSA) is 52.6 Å². The van der Waals surface area contributed by atoms with Crippen LogP contribution in [-0.4, -0.2) is 41.7 Å². The molecule has 2 bridgehead atoms. The minimum Gasteiger partial charge on any atom is -0.478 e. The fourth-order valence-corrected chi connectivity index (χ4v) is 3.73. The maximum atomic E-state index is 11.4. The number of carbonyl (C=O) groups is 1. The molecule has 2 N–H and O–H groups in total. The summed E-state index contributed by atoms with van der Waals surface area (Å²) < 4.78 is 0.631. The fraction of sp³-hybridized carbons (Fsp3) is 0.500. The fourth-order valence-electron chi connectivity index (χ4n) is 3.19. The maximum Gasteiger partial charge on any atom is 0.338 e. The Hall–Kier alpha value is -1.07. The van der Waals surface area contributed by atoms with Crippen molar-refractivity contribution in [2.75, 3.05) is 25.0 Å². The van der Waals surface area contributed by atoms with Crippen molar-refractivity contribution < 1.29 is 9.90 Å². The number of carboxylic acids is 1. The summed E-state index contributed by atoms with van der Waals surface area (Å²) in [6.07, 6.45) is 2.43. The van der Waals surface area contributed by atoms with Crippen molar-refractivity contribution in [3.05, 3.63) is 28.2 Å². The van der Waals surface area contributed by atoms with Gasteiger partial charge in [0.15, 0.2) is 0 Å². The van der Waals surface area contributed by atoms with Crippen LogP contribution < -0.4 is 5.32 Å². The van der Waals surface area contributed by atoms with Crippen molar-refractivity contribution in [1.82, 2.24) is 4.90 Å². The number of nitrogens with zero attached hydrogens (tertiary/aromatic N) is 1. The van der Waals surface area contributed by atoms with E-state index < -0.39 is 5.97 Å². The lowest BCUT2D eigenvalue weighted by molar-refractivity contribution is 0.0696. The van der Waals surface area contributed by atoms with Crippen LogP contribution in [-0.2, 0) is 0 Å². The first-order chi connectivity index (χ1) is 9.15. The number of benzene rings is 1. The van der Waals surface area contributed by atoms with Gasteiger partial charge in [0.1, 0.15) is 0 Å². The highest BCUT2D eigenvalue weighted by Crippen LogP contribution is 2.32. The van der Waals surface area contributed by atoms with Crippen LogP contribution in [0.2, 0.25) is 0 Å². The molecular weight excluding hydrogens is 308 g/mol. The highest BCUT2D eigenvalue weighted by Gasteiger charge is 2.34. The van der Waals surface area contributed by atoms with Gasteiger partial charge in [-0.25, -0.2) is 4.79 Å². The van der Waals surface area contributed by atoms with Gasteiger partial charge in [-0.05, 0) is 59.9 Å². The van der Waals surface area contributed by atoms with E-state index in [4.69, 9.17) is 0 Å². The van der Waals surface area contributed by atoms with Crippen molar-refractivity contribution in [2.24, 2.45) is 5.92 Å². The summed E-state index contributed by atoms with van der Waals surface area (Å²) >= 11 is 3.32. The number of fused-ring (bicyclic) bond motifs is 3. The summed E-state index contributed by atoms with van der Waals surface area (Å²) in [6, 6.07) is 5.87. The lowest BCUT2D eigenvalue weighted by atomic mass is 9.84. The number of aromatic carboxylic acids is 1. The summed E-state index contributed by atoms with van der Waals surface area (Å²) in [4.78, 5) is 13.8. The Morgan fingerprint density at radius 2 is 2.11 bits per heavy atom. The molecule has 3 aliphatic heterocycles. The van der Waals surface area contributed by atoms with Crippen molar-refractivity contribution in [3.63, 3.8) is 0 Å². The standard InChI is InChI=1S/C14H17BrN2O2/c15-10-2-1-3-11(13(10)14(18)19)16-12-8-17-6-4-9(12)5-7-17/h1-3,9,12,16H,4-8H2,(H,18,19). The SMILES string of the molecule is O=C(O)c1c(Br)cccc1NC1CN2CCC1CC2. The minimum atomic E-state index is -0.892. The molecule has 0 spiro atoms. The van der Waals surface area contributed by atoms with Crippen LogP contribution >= 0.6 is 15.9 Å². The summed E-state index contributed by atoms with van der Waals surface area (Å²) in [5.74, 6) is -0.220. The predicted molar refractivity (Wildman–Crippen MR) is 77.7 cm³/mol. The number of anilines is 1. The second kappa shape index (κ2) is 5.13. The smallest absolute Gasteiger partial charge is 0.338 e. The van der Waals surface area contributed by atoms with Crippen molar-refractivity contribution >= 4 is 27.6 Å². The summed E-state index contributed by atoms with van der Waals surface area (Å²) in [7, 11) is 0. The molecule has 1 aromatic carbocycles. The molecular formula is C14H17BrN2O2. The Bertz CT molecular complexity index is 498. The lowest BCUT2D eigenvalue weighted by Crippen LogP contribution is -2.53. The molecule has 102 valence electrons. The molecule has 3 fully saturated rings. The Morgan fingerprint density at radius 1 is 1.37 bits per heavy atom. The van der Waals surface area contributed by atoms with E-state index in [1.807, 2.05) is 12.1 Å². The zero-order valence-electron chi connectivity index (χ0n) is 10.6. The van der Waals surface area contributed by atoms with Gasteiger partial charge in [0.2, 0.25) is 0 Å². The number of carboxylic acid groups (broad SMARTS) is 1. The Morgan fingerprint density at radius 3 is 2.68 bits per heavy atom. The number of piperidine rings is 3. The molecule has 19 heavy (non-hydrogen) atoms. The van der Waals surface area contributed by atoms with Gasteiger partial charge < -0.3 is 15.3 Å². The molecule has 4 rings (SSSR count). The molecule has 0 aliphatic carbocycles. The molecule has 3 heterocycles. The van der Waals surface area contributed by atoms with E-state index in [-0.39, 0.29) is 0 Å². The molecule has 1 atom stereocenters. The molecule has 3 aliphatic rings. The number of nitrogens with one attached hydrogen (secondary N) is 1. The molecule has 1 aromatic rings. The van der Waals surface area contributed by atoms with Crippen LogP contribution in [0.3, 0.4) is 0 Å². The van der Waals surface area contributed by atoms with Crippen molar-refractivity contribution in [3.8, 4) is 0 Å². The van der Waals surface area contributed by atoms with E-state index in [1.165, 1.54) is 25.9 Å². The van der Waals surface area contributed by atoms with Gasteiger partial charge in [-0.3, -0.25) is 0 Å². The molecule has 0 radical (unpaired) electrons. The predicted octanol–water partition coefficient (Wildman–Crippen LogP) is 2.65. The van der Waals surface area contributed by atoms with Crippen molar-refractivity contribution in [2.45, 2.75) is 18.9 Å². The van der Waals surface area contributed by atoms with E-state index in [0.29, 0.717) is 22.0 Å². The summed E-state index contributed by atoms with van der Waals surface area (Å²) in [5, 5.41) is 12.8.